The van der Waals surface area contributed by atoms with Crippen LogP contribution in [0.4, 0.5) is 4.39 Å². The van der Waals surface area contributed by atoms with Gasteiger partial charge in [0.25, 0.3) is 0 Å². The van der Waals surface area contributed by atoms with E-state index in [1.54, 1.807) is 28.5 Å². The van der Waals surface area contributed by atoms with Gasteiger partial charge in [-0.2, -0.15) is 0 Å². The minimum atomic E-state index is -0.308. The quantitative estimate of drug-likeness (QED) is 0.542. The second kappa shape index (κ2) is 9.18. The van der Waals surface area contributed by atoms with Gasteiger partial charge in [-0.05, 0) is 44.0 Å². The summed E-state index contributed by atoms with van der Waals surface area (Å²) in [6.07, 6.45) is 1.27. The number of amides is 1. The van der Waals surface area contributed by atoms with Gasteiger partial charge in [0.05, 0.1) is 18.3 Å². The molecular formula is C19H23FN4O3S. The number of nitrogens with zero attached hydrogens (tertiary/aromatic N) is 4. The largest absolute Gasteiger partial charge is 0.466 e. The molecule has 2 heterocycles. The van der Waals surface area contributed by atoms with Crippen molar-refractivity contribution in [3.05, 3.63) is 30.1 Å². The van der Waals surface area contributed by atoms with Crippen LogP contribution in [0.1, 0.15) is 19.8 Å². The lowest BCUT2D eigenvalue weighted by Gasteiger charge is -2.30. The van der Waals surface area contributed by atoms with Crippen molar-refractivity contribution in [1.82, 2.24) is 19.7 Å². The molecule has 1 amide bonds. The minimum absolute atomic E-state index is 0.0126. The van der Waals surface area contributed by atoms with E-state index in [9.17, 15) is 14.0 Å². The molecular weight excluding hydrogens is 383 g/mol. The zero-order valence-corrected chi connectivity index (χ0v) is 16.7. The van der Waals surface area contributed by atoms with Gasteiger partial charge in [-0.3, -0.25) is 9.59 Å². The van der Waals surface area contributed by atoms with E-state index in [0.717, 1.165) is 5.56 Å². The zero-order valence-electron chi connectivity index (χ0n) is 15.9. The number of rotatable bonds is 6. The van der Waals surface area contributed by atoms with Crippen LogP contribution < -0.4 is 0 Å². The number of thioether (sulfide) groups is 1. The topological polar surface area (TPSA) is 77.3 Å². The van der Waals surface area contributed by atoms with Crippen molar-refractivity contribution in [2.24, 2.45) is 13.0 Å². The first-order valence-electron chi connectivity index (χ1n) is 9.22. The molecule has 1 aromatic carbocycles. The molecule has 1 saturated heterocycles. The summed E-state index contributed by atoms with van der Waals surface area (Å²) >= 11 is 1.32. The Labute approximate surface area is 167 Å². The molecule has 0 saturated carbocycles. The summed E-state index contributed by atoms with van der Waals surface area (Å²) in [4.78, 5) is 26.1. The highest BCUT2D eigenvalue weighted by Crippen LogP contribution is 2.24. The number of likely N-dealkylation sites (tertiary alicyclic amines) is 1. The molecule has 0 bridgehead atoms. The second-order valence-electron chi connectivity index (χ2n) is 6.57. The molecule has 1 aliphatic rings. The first-order chi connectivity index (χ1) is 13.5. The molecule has 0 atom stereocenters. The molecule has 0 unspecified atom stereocenters. The number of piperidine rings is 1. The van der Waals surface area contributed by atoms with Crippen LogP contribution in [-0.4, -0.2) is 57.0 Å². The normalized spacial score (nSPS) is 14.9. The summed E-state index contributed by atoms with van der Waals surface area (Å²) in [7, 11) is 1.82. The number of halogens is 1. The SMILES string of the molecule is CCOC(=O)C1CCN(C(=O)CSc2nnc(-c3ccc(F)cc3)n2C)CC1. The Morgan fingerprint density at radius 1 is 1.21 bits per heavy atom. The monoisotopic (exact) mass is 406 g/mol. The predicted octanol–water partition coefficient (Wildman–Crippen LogP) is 2.52. The summed E-state index contributed by atoms with van der Waals surface area (Å²) in [5.74, 6) is 0.283. The van der Waals surface area contributed by atoms with Crippen molar-refractivity contribution in [1.29, 1.82) is 0 Å². The van der Waals surface area contributed by atoms with Crippen molar-refractivity contribution in [2.75, 3.05) is 25.4 Å². The molecule has 7 nitrogen and oxygen atoms in total. The van der Waals surface area contributed by atoms with Crippen LogP contribution in [0.2, 0.25) is 0 Å². The van der Waals surface area contributed by atoms with Gasteiger partial charge in [-0.1, -0.05) is 11.8 Å². The number of hydrogen-bond acceptors (Lipinski definition) is 6. The van der Waals surface area contributed by atoms with Gasteiger partial charge in [-0.15, -0.1) is 10.2 Å². The Bertz CT molecular complexity index is 832. The van der Waals surface area contributed by atoms with Gasteiger partial charge < -0.3 is 14.2 Å². The molecule has 3 rings (SSSR count). The van der Waals surface area contributed by atoms with E-state index in [2.05, 4.69) is 10.2 Å². The van der Waals surface area contributed by atoms with Crippen molar-refractivity contribution in [3.8, 4) is 11.4 Å². The molecule has 1 aliphatic heterocycles. The number of ether oxygens (including phenoxy) is 1. The lowest BCUT2D eigenvalue weighted by molar-refractivity contribution is -0.151. The number of carbonyl (C=O) groups is 2. The van der Waals surface area contributed by atoms with E-state index >= 15 is 0 Å². The van der Waals surface area contributed by atoms with Gasteiger partial charge in [0.1, 0.15) is 5.82 Å². The molecule has 0 spiro atoms. The first kappa shape index (κ1) is 20.3. The van der Waals surface area contributed by atoms with Crippen molar-refractivity contribution >= 4 is 23.6 Å². The highest BCUT2D eigenvalue weighted by atomic mass is 32.2. The third-order valence-electron chi connectivity index (χ3n) is 4.73. The van der Waals surface area contributed by atoms with Gasteiger partial charge in [0, 0.05) is 25.7 Å². The number of esters is 1. The molecule has 150 valence electrons. The minimum Gasteiger partial charge on any atom is -0.466 e. The fourth-order valence-corrected chi connectivity index (χ4v) is 3.95. The number of benzene rings is 1. The third kappa shape index (κ3) is 4.70. The highest BCUT2D eigenvalue weighted by Gasteiger charge is 2.28. The number of hydrogen-bond donors (Lipinski definition) is 0. The van der Waals surface area contributed by atoms with E-state index in [1.165, 1.54) is 23.9 Å². The average molecular weight is 406 g/mol. The maximum absolute atomic E-state index is 13.1. The Morgan fingerprint density at radius 3 is 2.54 bits per heavy atom. The first-order valence-corrected chi connectivity index (χ1v) is 10.2. The average Bonchev–Trinajstić information content (AvgIpc) is 3.07. The van der Waals surface area contributed by atoms with Gasteiger partial charge in [-0.25, -0.2) is 4.39 Å². The zero-order chi connectivity index (χ0) is 20.1. The molecule has 0 radical (unpaired) electrons. The number of aromatic nitrogens is 3. The van der Waals surface area contributed by atoms with Crippen LogP contribution in [0.5, 0.6) is 0 Å². The van der Waals surface area contributed by atoms with Gasteiger partial charge >= 0.3 is 5.97 Å². The van der Waals surface area contributed by atoms with E-state index in [4.69, 9.17) is 4.74 Å². The molecule has 0 N–H and O–H groups in total. The van der Waals surface area contributed by atoms with Crippen molar-refractivity contribution in [3.63, 3.8) is 0 Å². The van der Waals surface area contributed by atoms with Crippen LogP contribution in [-0.2, 0) is 21.4 Å². The molecule has 1 aromatic heterocycles. The maximum Gasteiger partial charge on any atom is 0.309 e. The molecule has 2 aromatic rings. The summed E-state index contributed by atoms with van der Waals surface area (Å²) in [6.45, 7) is 3.29. The maximum atomic E-state index is 13.1. The standard InChI is InChI=1S/C19H23FN4O3S/c1-3-27-18(26)14-8-10-24(11-9-14)16(25)12-28-19-22-21-17(23(19)2)13-4-6-15(20)7-5-13/h4-7,14H,3,8-12H2,1-2H3. The molecule has 0 aliphatic carbocycles. The van der Waals surface area contributed by atoms with E-state index in [-0.39, 0.29) is 29.4 Å². The van der Waals surface area contributed by atoms with Crippen molar-refractivity contribution in [2.45, 2.75) is 24.9 Å². The Balaban J connectivity index is 1.53. The Kier molecular flexibility index (Phi) is 6.66. The fraction of sp³-hybridized carbons (Fsp3) is 0.474. The smallest absolute Gasteiger partial charge is 0.309 e. The Morgan fingerprint density at radius 2 is 1.89 bits per heavy atom. The summed E-state index contributed by atoms with van der Waals surface area (Å²) in [5, 5.41) is 8.90. The summed E-state index contributed by atoms with van der Waals surface area (Å²) in [6, 6.07) is 6.04. The summed E-state index contributed by atoms with van der Waals surface area (Å²) in [5.41, 5.74) is 0.760. The lowest BCUT2D eigenvalue weighted by atomic mass is 9.97. The van der Waals surface area contributed by atoms with Crippen LogP contribution in [0, 0.1) is 11.7 Å². The fourth-order valence-electron chi connectivity index (χ4n) is 3.13. The molecule has 9 heteroatoms. The van der Waals surface area contributed by atoms with Crippen LogP contribution in [0.3, 0.4) is 0 Å². The van der Waals surface area contributed by atoms with E-state index < -0.39 is 0 Å². The Hall–Kier alpha value is -2.42. The molecule has 28 heavy (non-hydrogen) atoms. The van der Waals surface area contributed by atoms with Gasteiger partial charge in [0.2, 0.25) is 5.91 Å². The van der Waals surface area contributed by atoms with Crippen LogP contribution in [0.15, 0.2) is 29.4 Å². The van der Waals surface area contributed by atoms with E-state index in [1.807, 2.05) is 7.05 Å². The van der Waals surface area contributed by atoms with Crippen molar-refractivity contribution < 1.29 is 18.7 Å². The second-order valence-corrected chi connectivity index (χ2v) is 7.51. The van der Waals surface area contributed by atoms with Crippen LogP contribution >= 0.6 is 11.8 Å². The highest BCUT2D eigenvalue weighted by molar-refractivity contribution is 7.99. The molecule has 1 fully saturated rings. The summed E-state index contributed by atoms with van der Waals surface area (Å²) < 4.78 is 19.9. The third-order valence-corrected chi connectivity index (χ3v) is 5.73. The lowest BCUT2D eigenvalue weighted by Crippen LogP contribution is -2.41. The number of carbonyl (C=O) groups excluding carboxylic acids is 2. The predicted molar refractivity (Wildman–Crippen MR) is 103 cm³/mol. The van der Waals surface area contributed by atoms with Crippen LogP contribution in [0.25, 0.3) is 11.4 Å². The van der Waals surface area contributed by atoms with Gasteiger partial charge in [0.15, 0.2) is 11.0 Å². The van der Waals surface area contributed by atoms with E-state index in [0.29, 0.717) is 43.5 Å².